The van der Waals surface area contributed by atoms with E-state index in [1.165, 1.54) is 6.33 Å². The second kappa shape index (κ2) is 6.06. The topological polar surface area (TPSA) is 76.6 Å². The smallest absolute Gasteiger partial charge is 0.221 e. The van der Waals surface area contributed by atoms with Crippen LogP contribution < -0.4 is 4.74 Å². The Labute approximate surface area is 127 Å². The summed E-state index contributed by atoms with van der Waals surface area (Å²) in [4.78, 5) is 8.27. The second-order valence-corrected chi connectivity index (χ2v) is 4.69. The molecule has 0 atom stereocenters. The molecule has 1 aromatic carbocycles. The van der Waals surface area contributed by atoms with E-state index in [-0.39, 0.29) is 0 Å². The van der Waals surface area contributed by atoms with Gasteiger partial charge in [-0.25, -0.2) is 14.6 Å². The summed E-state index contributed by atoms with van der Waals surface area (Å²) < 4.78 is 7.06. The number of ether oxygens (including phenoxy) is 1. The molecule has 6 heteroatoms. The van der Waals surface area contributed by atoms with Crippen molar-refractivity contribution in [3.8, 4) is 23.1 Å². The summed E-state index contributed by atoms with van der Waals surface area (Å²) in [5, 5.41) is 13.1. The van der Waals surface area contributed by atoms with Crippen LogP contribution in [0.1, 0.15) is 11.1 Å². The molecule has 0 spiro atoms. The van der Waals surface area contributed by atoms with Gasteiger partial charge in [-0.15, -0.1) is 0 Å². The number of benzene rings is 1. The average molecular weight is 291 g/mol. The fourth-order valence-corrected chi connectivity index (χ4v) is 2.21. The van der Waals surface area contributed by atoms with Crippen molar-refractivity contribution < 1.29 is 4.74 Å². The molecule has 6 nitrogen and oxygen atoms in total. The lowest BCUT2D eigenvalue weighted by Crippen LogP contribution is -2.02. The third-order valence-electron chi connectivity index (χ3n) is 3.21. The number of methoxy groups -OCH3 is 1. The molecule has 22 heavy (non-hydrogen) atoms. The Hall–Kier alpha value is -3.20. The second-order valence-electron chi connectivity index (χ2n) is 4.69. The molecule has 2 aromatic heterocycles. The Bertz CT molecular complexity index is 821. The van der Waals surface area contributed by atoms with Gasteiger partial charge >= 0.3 is 0 Å². The van der Waals surface area contributed by atoms with Crippen molar-refractivity contribution in [2.45, 2.75) is 6.54 Å². The third-order valence-corrected chi connectivity index (χ3v) is 3.21. The van der Waals surface area contributed by atoms with E-state index in [0.29, 0.717) is 18.0 Å². The maximum atomic E-state index is 9.05. The van der Waals surface area contributed by atoms with Gasteiger partial charge in [-0.1, -0.05) is 12.1 Å². The van der Waals surface area contributed by atoms with Crippen LogP contribution in [0.3, 0.4) is 0 Å². The van der Waals surface area contributed by atoms with Crippen molar-refractivity contribution in [1.82, 2.24) is 19.7 Å². The molecule has 0 aliphatic heterocycles. The minimum Gasteiger partial charge on any atom is -0.481 e. The number of nitriles is 1. The van der Waals surface area contributed by atoms with Gasteiger partial charge in [-0.05, 0) is 29.3 Å². The van der Waals surface area contributed by atoms with Crippen LogP contribution >= 0.6 is 0 Å². The molecule has 0 saturated heterocycles. The molecule has 0 aliphatic rings. The van der Waals surface area contributed by atoms with E-state index in [2.05, 4.69) is 21.1 Å². The molecule has 0 amide bonds. The van der Waals surface area contributed by atoms with Crippen molar-refractivity contribution in [3.63, 3.8) is 0 Å². The van der Waals surface area contributed by atoms with Gasteiger partial charge in [0.2, 0.25) is 5.88 Å². The number of hydrogen-bond acceptors (Lipinski definition) is 5. The molecule has 0 fully saturated rings. The maximum Gasteiger partial charge on any atom is 0.221 e. The minimum absolute atomic E-state index is 0.525. The minimum atomic E-state index is 0.525. The normalized spacial score (nSPS) is 10.2. The molecule has 0 N–H and O–H groups in total. The fraction of sp³-hybridized carbons (Fsp3) is 0.125. The quantitative estimate of drug-likeness (QED) is 0.737. The summed E-state index contributed by atoms with van der Waals surface area (Å²) in [5.41, 5.74) is 3.31. The fourth-order valence-electron chi connectivity index (χ4n) is 2.21. The van der Waals surface area contributed by atoms with Gasteiger partial charge in [0.05, 0.1) is 25.3 Å². The average Bonchev–Trinajstić information content (AvgIpc) is 3.08. The predicted octanol–water partition coefficient (Wildman–Crippen LogP) is 2.27. The molecule has 0 unspecified atom stereocenters. The SMILES string of the molecule is COc1ncc(Cn2cncn2)cc1-c1cccc(C#N)c1. The first-order valence-electron chi connectivity index (χ1n) is 6.66. The Morgan fingerprint density at radius 2 is 2.23 bits per heavy atom. The summed E-state index contributed by atoms with van der Waals surface area (Å²) in [6, 6.07) is 11.5. The number of hydrogen-bond donors (Lipinski definition) is 0. The Morgan fingerprint density at radius 1 is 1.32 bits per heavy atom. The van der Waals surface area contributed by atoms with Crippen molar-refractivity contribution in [3.05, 3.63) is 60.3 Å². The zero-order chi connectivity index (χ0) is 15.4. The highest BCUT2D eigenvalue weighted by atomic mass is 16.5. The summed E-state index contributed by atoms with van der Waals surface area (Å²) in [6.45, 7) is 0.571. The highest BCUT2D eigenvalue weighted by Crippen LogP contribution is 2.29. The lowest BCUT2D eigenvalue weighted by atomic mass is 10.0. The molecule has 0 radical (unpaired) electrons. The van der Waals surface area contributed by atoms with E-state index in [9.17, 15) is 0 Å². The summed E-state index contributed by atoms with van der Waals surface area (Å²) in [7, 11) is 1.58. The van der Waals surface area contributed by atoms with Gasteiger partial charge in [-0.2, -0.15) is 10.4 Å². The van der Waals surface area contributed by atoms with Crippen LogP contribution in [-0.2, 0) is 6.54 Å². The Morgan fingerprint density at radius 3 is 2.95 bits per heavy atom. The largest absolute Gasteiger partial charge is 0.481 e. The number of nitrogens with zero attached hydrogens (tertiary/aromatic N) is 5. The number of rotatable bonds is 4. The molecule has 0 saturated carbocycles. The summed E-state index contributed by atoms with van der Waals surface area (Å²) in [5.74, 6) is 0.525. The van der Waals surface area contributed by atoms with Crippen LogP contribution in [0.4, 0.5) is 0 Å². The number of pyridine rings is 1. The standard InChI is InChI=1S/C16H13N5O/c1-22-16-15(14-4-2-3-12(5-14)7-17)6-13(8-19-16)9-21-11-18-10-20-21/h2-6,8,10-11H,9H2,1H3. The van der Waals surface area contributed by atoms with Crippen LogP contribution in [0.25, 0.3) is 11.1 Å². The molecule has 0 bridgehead atoms. The van der Waals surface area contributed by atoms with E-state index in [1.54, 1.807) is 30.4 Å². The van der Waals surface area contributed by atoms with Gasteiger partial charge < -0.3 is 4.74 Å². The first-order chi connectivity index (χ1) is 10.8. The van der Waals surface area contributed by atoms with Crippen molar-refractivity contribution in [1.29, 1.82) is 5.26 Å². The van der Waals surface area contributed by atoms with Crippen molar-refractivity contribution >= 4 is 0 Å². The Balaban J connectivity index is 2.02. The van der Waals surface area contributed by atoms with Gasteiger partial charge in [0.15, 0.2) is 0 Å². The molecule has 3 aromatic rings. The van der Waals surface area contributed by atoms with Crippen LogP contribution in [0.5, 0.6) is 5.88 Å². The van der Waals surface area contributed by atoms with E-state index in [0.717, 1.165) is 16.7 Å². The van der Waals surface area contributed by atoms with E-state index in [1.807, 2.05) is 24.3 Å². The highest BCUT2D eigenvalue weighted by Gasteiger charge is 2.10. The first kappa shape index (κ1) is 13.8. The van der Waals surface area contributed by atoms with Crippen LogP contribution in [0.15, 0.2) is 49.2 Å². The zero-order valence-electron chi connectivity index (χ0n) is 12.0. The zero-order valence-corrected chi connectivity index (χ0v) is 12.0. The number of aromatic nitrogens is 4. The van der Waals surface area contributed by atoms with Crippen LogP contribution in [0, 0.1) is 11.3 Å². The third kappa shape index (κ3) is 2.79. The van der Waals surface area contributed by atoms with Crippen molar-refractivity contribution in [2.75, 3.05) is 7.11 Å². The van der Waals surface area contributed by atoms with Gasteiger partial charge in [0.1, 0.15) is 12.7 Å². The molecular weight excluding hydrogens is 278 g/mol. The van der Waals surface area contributed by atoms with Gasteiger partial charge in [0, 0.05) is 11.8 Å². The van der Waals surface area contributed by atoms with Crippen molar-refractivity contribution in [2.24, 2.45) is 0 Å². The molecule has 3 rings (SSSR count). The van der Waals surface area contributed by atoms with E-state index >= 15 is 0 Å². The van der Waals surface area contributed by atoms with Gasteiger partial charge in [0.25, 0.3) is 0 Å². The summed E-state index contributed by atoms with van der Waals surface area (Å²) >= 11 is 0. The maximum absolute atomic E-state index is 9.05. The summed E-state index contributed by atoms with van der Waals surface area (Å²) in [6.07, 6.45) is 4.90. The highest BCUT2D eigenvalue weighted by molar-refractivity contribution is 5.70. The Kier molecular flexibility index (Phi) is 3.79. The van der Waals surface area contributed by atoms with Gasteiger partial charge in [-0.3, -0.25) is 0 Å². The lowest BCUT2D eigenvalue weighted by molar-refractivity contribution is 0.399. The van der Waals surface area contributed by atoms with Crippen LogP contribution in [0.2, 0.25) is 0 Å². The molecule has 0 aliphatic carbocycles. The van der Waals surface area contributed by atoms with Crippen LogP contribution in [-0.4, -0.2) is 26.9 Å². The lowest BCUT2D eigenvalue weighted by Gasteiger charge is -2.10. The molecular formula is C16H13N5O. The molecule has 2 heterocycles. The first-order valence-corrected chi connectivity index (χ1v) is 6.66. The van der Waals surface area contributed by atoms with E-state index < -0.39 is 0 Å². The predicted molar refractivity (Wildman–Crippen MR) is 80.1 cm³/mol. The molecule has 108 valence electrons. The monoisotopic (exact) mass is 291 g/mol. The van der Waals surface area contributed by atoms with E-state index in [4.69, 9.17) is 10.00 Å².